The standard InChI is InChI=1S/C20H29N3O5S/c1-22-18(11-8-16-6-9-17(27-2)10-7-16)19(15-28-22)29(25,26)21-12-4-14-23-13-3-5-20(23)24/h6-11,18-19,21H,3-5,12-15H2,1-2H3/b11-8+. The first-order valence-electron chi connectivity index (χ1n) is 9.85. The molecule has 0 bridgehead atoms. The molecular formula is C20H29N3O5S. The van der Waals surface area contributed by atoms with E-state index in [1.165, 1.54) is 0 Å². The van der Waals surface area contributed by atoms with Gasteiger partial charge in [0.15, 0.2) is 0 Å². The van der Waals surface area contributed by atoms with E-state index in [9.17, 15) is 13.2 Å². The van der Waals surface area contributed by atoms with Crippen LogP contribution in [0, 0.1) is 0 Å². The number of ether oxygens (including phenoxy) is 1. The molecule has 1 aromatic carbocycles. The zero-order chi connectivity index (χ0) is 20.9. The summed E-state index contributed by atoms with van der Waals surface area (Å²) in [4.78, 5) is 18.9. The number of benzene rings is 1. The Morgan fingerprint density at radius 3 is 2.72 bits per heavy atom. The second-order valence-electron chi connectivity index (χ2n) is 7.28. The van der Waals surface area contributed by atoms with Crippen LogP contribution in [0.5, 0.6) is 5.75 Å². The van der Waals surface area contributed by atoms with Crippen LogP contribution in [0.2, 0.25) is 0 Å². The molecule has 2 aliphatic rings. The molecule has 160 valence electrons. The van der Waals surface area contributed by atoms with E-state index in [1.54, 1.807) is 24.1 Å². The minimum atomic E-state index is -3.56. The molecule has 2 fully saturated rings. The highest BCUT2D eigenvalue weighted by Crippen LogP contribution is 2.22. The molecule has 0 radical (unpaired) electrons. The number of nitrogens with one attached hydrogen (secondary N) is 1. The quantitative estimate of drug-likeness (QED) is 0.602. The maximum atomic E-state index is 12.8. The fourth-order valence-electron chi connectivity index (χ4n) is 3.58. The van der Waals surface area contributed by atoms with Crippen molar-refractivity contribution in [2.45, 2.75) is 30.6 Å². The number of hydroxylamine groups is 2. The van der Waals surface area contributed by atoms with Gasteiger partial charge in [0.1, 0.15) is 11.0 Å². The van der Waals surface area contributed by atoms with Gasteiger partial charge >= 0.3 is 0 Å². The molecule has 2 atom stereocenters. The zero-order valence-electron chi connectivity index (χ0n) is 16.9. The summed E-state index contributed by atoms with van der Waals surface area (Å²) in [6, 6.07) is 7.14. The van der Waals surface area contributed by atoms with Crippen molar-refractivity contribution in [1.82, 2.24) is 14.7 Å². The molecule has 29 heavy (non-hydrogen) atoms. The molecule has 1 amide bonds. The van der Waals surface area contributed by atoms with Crippen LogP contribution >= 0.6 is 0 Å². The van der Waals surface area contributed by atoms with E-state index in [0.29, 0.717) is 25.9 Å². The highest BCUT2D eigenvalue weighted by molar-refractivity contribution is 7.90. The Morgan fingerprint density at radius 2 is 2.07 bits per heavy atom. The van der Waals surface area contributed by atoms with Gasteiger partial charge in [-0.2, -0.15) is 5.06 Å². The lowest BCUT2D eigenvalue weighted by molar-refractivity contribution is -0.127. The maximum absolute atomic E-state index is 12.8. The van der Waals surface area contributed by atoms with E-state index in [0.717, 1.165) is 24.3 Å². The smallest absolute Gasteiger partial charge is 0.222 e. The van der Waals surface area contributed by atoms with Crippen molar-refractivity contribution < 1.29 is 22.8 Å². The molecule has 0 spiro atoms. The van der Waals surface area contributed by atoms with Gasteiger partial charge in [-0.1, -0.05) is 24.3 Å². The van der Waals surface area contributed by atoms with Gasteiger partial charge in [0.2, 0.25) is 15.9 Å². The lowest BCUT2D eigenvalue weighted by Gasteiger charge is -2.20. The third kappa shape index (κ3) is 5.57. The first-order valence-corrected chi connectivity index (χ1v) is 11.4. The van der Waals surface area contributed by atoms with Crippen molar-refractivity contribution in [3.63, 3.8) is 0 Å². The van der Waals surface area contributed by atoms with E-state index < -0.39 is 21.3 Å². The number of carbonyl (C=O) groups is 1. The molecule has 2 heterocycles. The molecule has 2 aliphatic heterocycles. The largest absolute Gasteiger partial charge is 0.497 e. The SMILES string of the molecule is COc1ccc(/C=C/C2C(S(=O)(=O)NCCCN3CCCC3=O)CON2C)cc1. The van der Waals surface area contributed by atoms with Gasteiger partial charge in [-0.05, 0) is 30.5 Å². The molecule has 0 aromatic heterocycles. The summed E-state index contributed by atoms with van der Waals surface area (Å²) < 4.78 is 33.4. The van der Waals surface area contributed by atoms with Crippen LogP contribution in [-0.4, -0.2) is 76.0 Å². The molecule has 2 unspecified atom stereocenters. The Kier molecular flexibility index (Phi) is 7.28. The number of likely N-dealkylation sites (tertiary alicyclic amines) is 1. The summed E-state index contributed by atoms with van der Waals surface area (Å²) in [5, 5.41) is 0.878. The third-order valence-corrected chi connectivity index (χ3v) is 7.14. The van der Waals surface area contributed by atoms with Crippen molar-refractivity contribution in [3.05, 3.63) is 35.9 Å². The normalized spacial score (nSPS) is 23.4. The number of carbonyl (C=O) groups excluding carboxylic acids is 1. The van der Waals surface area contributed by atoms with Gasteiger partial charge in [-0.15, -0.1) is 0 Å². The van der Waals surface area contributed by atoms with Crippen molar-refractivity contribution in [2.24, 2.45) is 0 Å². The molecule has 1 aromatic rings. The van der Waals surface area contributed by atoms with E-state index in [2.05, 4.69) is 4.72 Å². The number of rotatable bonds is 9. The average molecular weight is 424 g/mol. The number of methoxy groups -OCH3 is 1. The predicted octanol–water partition coefficient (Wildman–Crippen LogP) is 1.25. The second kappa shape index (κ2) is 9.71. The third-order valence-electron chi connectivity index (χ3n) is 5.32. The van der Waals surface area contributed by atoms with Gasteiger partial charge in [0.25, 0.3) is 0 Å². The Labute approximate surface area is 172 Å². The van der Waals surface area contributed by atoms with Crippen LogP contribution < -0.4 is 9.46 Å². The van der Waals surface area contributed by atoms with E-state index in [1.807, 2.05) is 36.4 Å². The predicted molar refractivity (Wildman–Crippen MR) is 111 cm³/mol. The summed E-state index contributed by atoms with van der Waals surface area (Å²) in [7, 11) is -0.212. The van der Waals surface area contributed by atoms with Crippen molar-refractivity contribution in [3.8, 4) is 5.75 Å². The minimum absolute atomic E-state index is 0.105. The summed E-state index contributed by atoms with van der Waals surface area (Å²) in [5.74, 6) is 0.922. The van der Waals surface area contributed by atoms with Gasteiger partial charge < -0.3 is 9.64 Å². The minimum Gasteiger partial charge on any atom is -0.497 e. The highest BCUT2D eigenvalue weighted by atomic mass is 32.2. The fourth-order valence-corrected chi connectivity index (χ4v) is 5.10. The molecule has 8 nitrogen and oxygen atoms in total. The van der Waals surface area contributed by atoms with Crippen LogP contribution in [0.1, 0.15) is 24.8 Å². The van der Waals surface area contributed by atoms with Crippen LogP contribution in [0.4, 0.5) is 0 Å². The molecular weight excluding hydrogens is 394 g/mol. The van der Waals surface area contributed by atoms with Gasteiger partial charge in [0, 0.05) is 33.1 Å². The van der Waals surface area contributed by atoms with Crippen LogP contribution in [0.3, 0.4) is 0 Å². The number of nitrogens with zero attached hydrogens (tertiary/aromatic N) is 2. The summed E-state index contributed by atoms with van der Waals surface area (Å²) in [5.41, 5.74) is 0.950. The zero-order valence-corrected chi connectivity index (χ0v) is 17.7. The van der Waals surface area contributed by atoms with Crippen molar-refractivity contribution in [1.29, 1.82) is 0 Å². The fraction of sp³-hybridized carbons (Fsp3) is 0.550. The number of hydrogen-bond donors (Lipinski definition) is 1. The number of hydrogen-bond acceptors (Lipinski definition) is 6. The number of sulfonamides is 1. The molecule has 0 aliphatic carbocycles. The van der Waals surface area contributed by atoms with E-state index in [-0.39, 0.29) is 12.5 Å². The molecule has 3 rings (SSSR count). The maximum Gasteiger partial charge on any atom is 0.222 e. The van der Waals surface area contributed by atoms with E-state index in [4.69, 9.17) is 9.57 Å². The first-order chi connectivity index (χ1) is 13.9. The monoisotopic (exact) mass is 423 g/mol. The first kappa shape index (κ1) is 21.8. The van der Waals surface area contributed by atoms with E-state index >= 15 is 0 Å². The van der Waals surface area contributed by atoms with Gasteiger partial charge in [0.05, 0.1) is 19.8 Å². The highest BCUT2D eigenvalue weighted by Gasteiger charge is 2.40. The summed E-state index contributed by atoms with van der Waals surface area (Å²) >= 11 is 0. The molecule has 9 heteroatoms. The van der Waals surface area contributed by atoms with Gasteiger partial charge in [-0.25, -0.2) is 13.1 Å². The lowest BCUT2D eigenvalue weighted by atomic mass is 10.1. The number of amides is 1. The Morgan fingerprint density at radius 1 is 1.31 bits per heavy atom. The lowest BCUT2D eigenvalue weighted by Crippen LogP contribution is -2.43. The topological polar surface area (TPSA) is 88.2 Å². The second-order valence-corrected chi connectivity index (χ2v) is 9.26. The van der Waals surface area contributed by atoms with Crippen LogP contribution in [-0.2, 0) is 19.7 Å². The number of likely N-dealkylation sites (N-methyl/N-ethyl adjacent to an activating group) is 1. The molecule has 2 saturated heterocycles. The van der Waals surface area contributed by atoms with Crippen molar-refractivity contribution in [2.75, 3.05) is 40.4 Å². The average Bonchev–Trinajstić information content (AvgIpc) is 3.29. The van der Waals surface area contributed by atoms with Crippen LogP contribution in [0.15, 0.2) is 30.3 Å². The van der Waals surface area contributed by atoms with Crippen molar-refractivity contribution >= 4 is 22.0 Å². The van der Waals surface area contributed by atoms with Gasteiger partial charge in [-0.3, -0.25) is 9.63 Å². The Hall–Kier alpha value is -1.94. The Bertz CT molecular complexity index is 825. The molecule has 1 N–H and O–H groups in total. The summed E-state index contributed by atoms with van der Waals surface area (Å²) in [6.45, 7) is 1.77. The van der Waals surface area contributed by atoms with Crippen LogP contribution in [0.25, 0.3) is 6.08 Å². The summed E-state index contributed by atoms with van der Waals surface area (Å²) in [6.07, 6.45) is 5.82. The Balaban J connectivity index is 1.56. The molecule has 0 saturated carbocycles.